The number of fused-ring (bicyclic) bond motifs is 2. The first-order valence-corrected chi connectivity index (χ1v) is 8.58. The van der Waals surface area contributed by atoms with Gasteiger partial charge in [0.25, 0.3) is 0 Å². The molecule has 0 spiro atoms. The van der Waals surface area contributed by atoms with E-state index in [-0.39, 0.29) is 6.04 Å². The van der Waals surface area contributed by atoms with Gasteiger partial charge in [-0.15, -0.1) is 0 Å². The fourth-order valence-corrected chi connectivity index (χ4v) is 4.65. The summed E-state index contributed by atoms with van der Waals surface area (Å²) in [5.74, 6) is 2.93. The smallest absolute Gasteiger partial charge is 0.0300 e. The third-order valence-corrected chi connectivity index (χ3v) is 5.84. The third kappa shape index (κ3) is 2.65. The maximum absolute atomic E-state index is 6.61. The summed E-state index contributed by atoms with van der Waals surface area (Å²) in [5, 5.41) is 0. The van der Waals surface area contributed by atoms with Gasteiger partial charge in [0.15, 0.2) is 0 Å². The van der Waals surface area contributed by atoms with Gasteiger partial charge in [0.2, 0.25) is 0 Å². The minimum absolute atomic E-state index is 0.251. The zero-order valence-corrected chi connectivity index (χ0v) is 13.1. The topological polar surface area (TPSA) is 26.0 Å². The van der Waals surface area contributed by atoms with Crippen LogP contribution in [-0.2, 0) is 12.8 Å². The molecule has 0 heterocycles. The lowest BCUT2D eigenvalue weighted by atomic mass is 9.82. The second-order valence-corrected chi connectivity index (χ2v) is 7.02. The predicted octanol–water partition coefficient (Wildman–Crippen LogP) is 4.64. The second kappa shape index (κ2) is 5.89. The van der Waals surface area contributed by atoms with E-state index >= 15 is 0 Å². The van der Waals surface area contributed by atoms with Crippen LogP contribution in [0.3, 0.4) is 0 Å². The van der Waals surface area contributed by atoms with Crippen molar-refractivity contribution in [2.24, 2.45) is 23.5 Å². The van der Waals surface area contributed by atoms with Gasteiger partial charge < -0.3 is 5.73 Å². The molecule has 0 amide bonds. The van der Waals surface area contributed by atoms with Gasteiger partial charge in [-0.05, 0) is 73.0 Å². The molecule has 110 valence electrons. The van der Waals surface area contributed by atoms with Crippen LogP contribution in [0.25, 0.3) is 0 Å². The summed E-state index contributed by atoms with van der Waals surface area (Å²) in [6.45, 7) is 4.47. The van der Waals surface area contributed by atoms with Crippen molar-refractivity contribution < 1.29 is 0 Å². The molecule has 0 saturated heterocycles. The van der Waals surface area contributed by atoms with Crippen molar-refractivity contribution >= 4 is 0 Å². The number of benzene rings is 1. The molecule has 2 aliphatic carbocycles. The molecule has 1 heteroatoms. The number of hydrogen-bond donors (Lipinski definition) is 1. The minimum Gasteiger partial charge on any atom is -0.324 e. The Morgan fingerprint density at radius 3 is 2.60 bits per heavy atom. The molecule has 0 radical (unpaired) electrons. The zero-order valence-electron chi connectivity index (χ0n) is 13.1. The fraction of sp³-hybridized carbons (Fsp3) is 0.684. The highest BCUT2D eigenvalue weighted by molar-refractivity contribution is 5.34. The van der Waals surface area contributed by atoms with E-state index in [1.165, 1.54) is 48.8 Å². The average Bonchev–Trinajstić information content (AvgIpc) is 3.09. The molecule has 1 aromatic carbocycles. The zero-order chi connectivity index (χ0) is 14.1. The van der Waals surface area contributed by atoms with E-state index in [0.29, 0.717) is 0 Å². The van der Waals surface area contributed by atoms with Crippen LogP contribution in [0.15, 0.2) is 18.2 Å². The molecule has 2 aliphatic rings. The van der Waals surface area contributed by atoms with E-state index < -0.39 is 0 Å². The summed E-state index contributed by atoms with van der Waals surface area (Å²) in [7, 11) is 0. The number of hydrogen-bond acceptors (Lipinski definition) is 1. The van der Waals surface area contributed by atoms with Gasteiger partial charge in [0, 0.05) is 6.04 Å². The Morgan fingerprint density at radius 2 is 2.00 bits per heavy atom. The van der Waals surface area contributed by atoms with Crippen molar-refractivity contribution in [3.05, 3.63) is 34.9 Å². The summed E-state index contributed by atoms with van der Waals surface area (Å²) in [6.07, 6.45) is 9.32. The summed E-state index contributed by atoms with van der Waals surface area (Å²) in [6, 6.07) is 7.19. The Hall–Kier alpha value is -0.820. The Kier molecular flexibility index (Phi) is 4.16. The molecule has 2 saturated carbocycles. The highest BCUT2D eigenvalue weighted by atomic mass is 14.6. The minimum atomic E-state index is 0.251. The van der Waals surface area contributed by atoms with Crippen LogP contribution >= 0.6 is 0 Å². The highest BCUT2D eigenvalue weighted by Crippen LogP contribution is 2.50. The first-order chi connectivity index (χ1) is 9.71. The Bertz CT molecular complexity index is 465. The van der Waals surface area contributed by atoms with Crippen molar-refractivity contribution in [2.45, 2.75) is 64.8 Å². The Labute approximate surface area is 124 Å². The molecule has 0 aromatic heterocycles. The van der Waals surface area contributed by atoms with Crippen LogP contribution in [0, 0.1) is 17.8 Å². The van der Waals surface area contributed by atoms with E-state index in [4.69, 9.17) is 5.73 Å². The molecule has 3 rings (SSSR count). The van der Waals surface area contributed by atoms with Crippen LogP contribution in [0.5, 0.6) is 0 Å². The lowest BCUT2D eigenvalue weighted by Crippen LogP contribution is -2.20. The van der Waals surface area contributed by atoms with E-state index in [2.05, 4.69) is 32.0 Å². The first-order valence-electron chi connectivity index (χ1n) is 8.58. The fourth-order valence-electron chi connectivity index (χ4n) is 4.65. The van der Waals surface area contributed by atoms with Crippen LogP contribution in [0.2, 0.25) is 0 Å². The molecule has 2 bridgehead atoms. The van der Waals surface area contributed by atoms with Crippen molar-refractivity contribution in [3.8, 4) is 0 Å². The maximum atomic E-state index is 6.61. The van der Waals surface area contributed by atoms with Crippen molar-refractivity contribution in [2.75, 3.05) is 0 Å². The van der Waals surface area contributed by atoms with E-state index in [1.54, 1.807) is 0 Å². The van der Waals surface area contributed by atoms with Gasteiger partial charge in [-0.25, -0.2) is 0 Å². The van der Waals surface area contributed by atoms with Crippen LogP contribution in [-0.4, -0.2) is 0 Å². The molecule has 2 fully saturated rings. The van der Waals surface area contributed by atoms with E-state index in [9.17, 15) is 0 Å². The van der Waals surface area contributed by atoms with Gasteiger partial charge >= 0.3 is 0 Å². The second-order valence-electron chi connectivity index (χ2n) is 7.02. The van der Waals surface area contributed by atoms with Crippen LogP contribution < -0.4 is 5.73 Å². The average molecular weight is 271 g/mol. The molecular formula is C19H29N. The van der Waals surface area contributed by atoms with Crippen molar-refractivity contribution in [1.29, 1.82) is 0 Å². The quantitative estimate of drug-likeness (QED) is 0.829. The molecule has 4 unspecified atom stereocenters. The Morgan fingerprint density at radius 1 is 1.15 bits per heavy atom. The van der Waals surface area contributed by atoms with Crippen molar-refractivity contribution in [3.63, 3.8) is 0 Å². The maximum Gasteiger partial charge on any atom is 0.0300 e. The largest absolute Gasteiger partial charge is 0.324 e. The lowest BCUT2D eigenvalue weighted by Gasteiger charge is -2.26. The predicted molar refractivity (Wildman–Crippen MR) is 85.7 cm³/mol. The number of nitrogens with two attached hydrogens (primary N) is 1. The third-order valence-electron chi connectivity index (χ3n) is 5.84. The standard InChI is InChI=1S/C19H29N/c1-3-13-5-7-15(4-2)18(11-13)19(20)12-17-10-14-6-8-16(17)9-14/h5,7,11,14,16-17,19H,3-4,6,8-10,12,20H2,1-2H3. The number of rotatable bonds is 5. The molecule has 20 heavy (non-hydrogen) atoms. The monoisotopic (exact) mass is 271 g/mol. The Balaban J connectivity index is 1.74. The van der Waals surface area contributed by atoms with Gasteiger partial charge in [-0.1, -0.05) is 38.5 Å². The SMILES string of the molecule is CCc1ccc(CC)c(C(N)CC2CC3CCC2C3)c1. The van der Waals surface area contributed by atoms with Gasteiger partial charge in [0.1, 0.15) is 0 Å². The van der Waals surface area contributed by atoms with Crippen molar-refractivity contribution in [1.82, 2.24) is 0 Å². The molecule has 1 nitrogen and oxygen atoms in total. The van der Waals surface area contributed by atoms with Crippen LogP contribution in [0.4, 0.5) is 0 Å². The highest BCUT2D eigenvalue weighted by Gasteiger charge is 2.39. The van der Waals surface area contributed by atoms with Gasteiger partial charge in [0.05, 0.1) is 0 Å². The summed E-state index contributed by atoms with van der Waals surface area (Å²) >= 11 is 0. The molecule has 4 atom stereocenters. The summed E-state index contributed by atoms with van der Waals surface area (Å²) in [4.78, 5) is 0. The molecular weight excluding hydrogens is 242 g/mol. The lowest BCUT2D eigenvalue weighted by molar-refractivity contribution is 0.296. The van der Waals surface area contributed by atoms with Gasteiger partial charge in [-0.2, -0.15) is 0 Å². The molecule has 2 N–H and O–H groups in total. The normalized spacial score (nSPS) is 29.9. The van der Waals surface area contributed by atoms with E-state index in [0.717, 1.165) is 30.6 Å². The molecule has 0 aliphatic heterocycles. The summed E-state index contributed by atoms with van der Waals surface area (Å²) < 4.78 is 0. The number of aryl methyl sites for hydroxylation is 2. The first kappa shape index (κ1) is 14.1. The van der Waals surface area contributed by atoms with Crippen LogP contribution in [0.1, 0.15) is 68.7 Å². The summed E-state index contributed by atoms with van der Waals surface area (Å²) in [5.41, 5.74) is 10.9. The van der Waals surface area contributed by atoms with E-state index in [1.807, 2.05) is 0 Å². The van der Waals surface area contributed by atoms with Gasteiger partial charge in [-0.3, -0.25) is 0 Å². The molecule has 1 aromatic rings.